The maximum absolute atomic E-state index is 3.87. The standard InChI is InChI=1S/C15H21BrN2/c1-18-8-2-3-13(10-18)17-15-7-4-11-9-12(16)5-6-14(11)15/h5-6,9,13,15,17H,2-4,7-8,10H2,1H3. The van der Waals surface area contributed by atoms with Gasteiger partial charge in [-0.3, -0.25) is 0 Å². The summed E-state index contributed by atoms with van der Waals surface area (Å²) in [6, 6.07) is 7.99. The lowest BCUT2D eigenvalue weighted by Crippen LogP contribution is -2.44. The van der Waals surface area contributed by atoms with Gasteiger partial charge in [0.1, 0.15) is 0 Å². The number of nitrogens with one attached hydrogen (secondary N) is 1. The molecule has 1 aliphatic carbocycles. The first-order valence-electron chi connectivity index (χ1n) is 6.95. The average Bonchev–Trinajstić information content (AvgIpc) is 2.72. The molecule has 2 atom stereocenters. The third kappa shape index (κ3) is 2.63. The Balaban J connectivity index is 1.69. The lowest BCUT2D eigenvalue weighted by atomic mass is 10.0. The number of halogens is 1. The van der Waals surface area contributed by atoms with Crippen molar-refractivity contribution < 1.29 is 0 Å². The molecular formula is C15H21BrN2. The largest absolute Gasteiger partial charge is 0.306 e. The van der Waals surface area contributed by atoms with Gasteiger partial charge in [0.25, 0.3) is 0 Å². The highest BCUT2D eigenvalue weighted by Crippen LogP contribution is 2.33. The summed E-state index contributed by atoms with van der Waals surface area (Å²) < 4.78 is 1.21. The molecule has 0 aromatic heterocycles. The molecule has 2 aliphatic rings. The molecule has 0 bridgehead atoms. The fourth-order valence-electron chi connectivity index (χ4n) is 3.35. The number of likely N-dealkylation sites (tertiary alicyclic amines) is 1. The predicted octanol–water partition coefficient (Wildman–Crippen LogP) is 3.12. The van der Waals surface area contributed by atoms with Crippen LogP contribution in [0.4, 0.5) is 0 Å². The zero-order valence-electron chi connectivity index (χ0n) is 11.0. The normalized spacial score (nSPS) is 28.3. The Bertz CT molecular complexity index is 433. The molecule has 1 N–H and O–H groups in total. The number of hydrogen-bond donors (Lipinski definition) is 1. The average molecular weight is 309 g/mol. The molecule has 1 heterocycles. The summed E-state index contributed by atoms with van der Waals surface area (Å²) in [6.45, 7) is 2.45. The summed E-state index contributed by atoms with van der Waals surface area (Å²) in [5.41, 5.74) is 3.04. The van der Waals surface area contributed by atoms with E-state index in [2.05, 4.69) is 51.4 Å². The van der Waals surface area contributed by atoms with Gasteiger partial charge in [0, 0.05) is 23.1 Å². The summed E-state index contributed by atoms with van der Waals surface area (Å²) in [5.74, 6) is 0. The van der Waals surface area contributed by atoms with Gasteiger partial charge in [0.15, 0.2) is 0 Å². The van der Waals surface area contributed by atoms with Gasteiger partial charge in [-0.15, -0.1) is 0 Å². The van der Waals surface area contributed by atoms with E-state index in [0.717, 1.165) is 0 Å². The Morgan fingerprint density at radius 2 is 2.22 bits per heavy atom. The lowest BCUT2D eigenvalue weighted by molar-refractivity contribution is 0.216. The maximum Gasteiger partial charge on any atom is 0.0329 e. The molecule has 0 amide bonds. The van der Waals surface area contributed by atoms with Gasteiger partial charge < -0.3 is 10.2 Å². The third-order valence-electron chi connectivity index (χ3n) is 4.24. The highest BCUT2D eigenvalue weighted by molar-refractivity contribution is 9.10. The van der Waals surface area contributed by atoms with Gasteiger partial charge in [-0.05, 0) is 62.5 Å². The minimum Gasteiger partial charge on any atom is -0.306 e. The second-order valence-corrected chi connectivity index (χ2v) is 6.62. The highest BCUT2D eigenvalue weighted by Gasteiger charge is 2.26. The van der Waals surface area contributed by atoms with Gasteiger partial charge in [-0.2, -0.15) is 0 Å². The Hall–Kier alpha value is -0.380. The van der Waals surface area contributed by atoms with E-state index < -0.39 is 0 Å². The number of aryl methyl sites for hydroxylation is 1. The molecule has 1 aromatic rings. The molecule has 1 aliphatic heterocycles. The third-order valence-corrected chi connectivity index (χ3v) is 4.74. The van der Waals surface area contributed by atoms with Gasteiger partial charge in [-0.1, -0.05) is 22.0 Å². The smallest absolute Gasteiger partial charge is 0.0329 e. The van der Waals surface area contributed by atoms with E-state index in [1.807, 2.05) is 0 Å². The first kappa shape index (κ1) is 12.6. The van der Waals surface area contributed by atoms with Gasteiger partial charge in [0.2, 0.25) is 0 Å². The maximum atomic E-state index is 3.87. The summed E-state index contributed by atoms with van der Waals surface area (Å²) in [6.07, 6.45) is 5.13. The van der Waals surface area contributed by atoms with Crippen LogP contribution in [0.2, 0.25) is 0 Å². The van der Waals surface area contributed by atoms with Crippen molar-refractivity contribution in [2.24, 2.45) is 0 Å². The first-order chi connectivity index (χ1) is 8.72. The highest BCUT2D eigenvalue weighted by atomic mass is 79.9. The summed E-state index contributed by atoms with van der Waals surface area (Å²) >= 11 is 3.56. The van der Waals surface area contributed by atoms with Crippen molar-refractivity contribution in [3.8, 4) is 0 Å². The molecule has 2 nitrogen and oxygen atoms in total. The van der Waals surface area contributed by atoms with Gasteiger partial charge >= 0.3 is 0 Å². The molecule has 3 heteroatoms. The zero-order chi connectivity index (χ0) is 12.5. The van der Waals surface area contributed by atoms with E-state index in [9.17, 15) is 0 Å². The summed E-state index contributed by atoms with van der Waals surface area (Å²) in [7, 11) is 2.23. The lowest BCUT2D eigenvalue weighted by Gasteiger charge is -2.32. The Labute approximate surface area is 118 Å². The van der Waals surface area contributed by atoms with E-state index in [1.54, 1.807) is 0 Å². The Morgan fingerprint density at radius 1 is 1.33 bits per heavy atom. The van der Waals surface area contributed by atoms with Crippen LogP contribution in [0.1, 0.15) is 36.4 Å². The number of piperidine rings is 1. The summed E-state index contributed by atoms with van der Waals surface area (Å²) in [4.78, 5) is 2.44. The van der Waals surface area contributed by atoms with Crippen LogP contribution in [-0.2, 0) is 6.42 Å². The van der Waals surface area contributed by atoms with E-state index in [1.165, 1.54) is 54.4 Å². The molecule has 98 valence electrons. The van der Waals surface area contributed by atoms with Crippen LogP contribution >= 0.6 is 15.9 Å². The molecule has 2 unspecified atom stereocenters. The van der Waals surface area contributed by atoms with Crippen LogP contribution in [0.25, 0.3) is 0 Å². The number of benzene rings is 1. The molecule has 18 heavy (non-hydrogen) atoms. The zero-order valence-corrected chi connectivity index (χ0v) is 12.5. The van der Waals surface area contributed by atoms with Crippen molar-refractivity contribution in [3.05, 3.63) is 33.8 Å². The molecule has 3 rings (SSSR count). The second kappa shape index (κ2) is 5.32. The minimum absolute atomic E-state index is 0.574. The molecule has 0 radical (unpaired) electrons. The van der Waals surface area contributed by atoms with Crippen molar-refractivity contribution >= 4 is 15.9 Å². The van der Waals surface area contributed by atoms with Crippen molar-refractivity contribution in [1.82, 2.24) is 10.2 Å². The van der Waals surface area contributed by atoms with Crippen LogP contribution in [0.5, 0.6) is 0 Å². The molecule has 1 fully saturated rings. The van der Waals surface area contributed by atoms with E-state index in [4.69, 9.17) is 0 Å². The Morgan fingerprint density at radius 3 is 3.06 bits per heavy atom. The minimum atomic E-state index is 0.574. The van der Waals surface area contributed by atoms with Crippen LogP contribution in [0, 0.1) is 0 Å². The quantitative estimate of drug-likeness (QED) is 0.903. The molecule has 1 aromatic carbocycles. The SMILES string of the molecule is CN1CCCC(NC2CCc3cc(Br)ccc32)C1. The predicted molar refractivity (Wildman–Crippen MR) is 78.9 cm³/mol. The van der Waals surface area contributed by atoms with Gasteiger partial charge in [0.05, 0.1) is 0 Å². The molecule has 0 saturated carbocycles. The topological polar surface area (TPSA) is 15.3 Å². The number of rotatable bonds is 2. The fourth-order valence-corrected chi connectivity index (χ4v) is 3.75. The molecule has 1 saturated heterocycles. The van der Waals surface area contributed by atoms with Crippen LogP contribution < -0.4 is 5.32 Å². The fraction of sp³-hybridized carbons (Fsp3) is 0.600. The van der Waals surface area contributed by atoms with E-state index in [-0.39, 0.29) is 0 Å². The van der Waals surface area contributed by atoms with Crippen LogP contribution in [0.3, 0.4) is 0 Å². The van der Waals surface area contributed by atoms with Crippen LogP contribution in [-0.4, -0.2) is 31.1 Å². The van der Waals surface area contributed by atoms with Crippen LogP contribution in [0.15, 0.2) is 22.7 Å². The molecule has 0 spiro atoms. The Kier molecular flexibility index (Phi) is 3.73. The van der Waals surface area contributed by atoms with Gasteiger partial charge in [-0.25, -0.2) is 0 Å². The summed E-state index contributed by atoms with van der Waals surface area (Å²) in [5, 5.41) is 3.87. The number of nitrogens with zero attached hydrogens (tertiary/aromatic N) is 1. The van der Waals surface area contributed by atoms with Crippen molar-refractivity contribution in [3.63, 3.8) is 0 Å². The van der Waals surface area contributed by atoms with E-state index in [0.29, 0.717) is 12.1 Å². The number of fused-ring (bicyclic) bond motifs is 1. The molecular weight excluding hydrogens is 288 g/mol. The monoisotopic (exact) mass is 308 g/mol. The number of hydrogen-bond acceptors (Lipinski definition) is 2. The number of likely N-dealkylation sites (N-methyl/N-ethyl adjacent to an activating group) is 1. The second-order valence-electron chi connectivity index (χ2n) is 5.70. The van der Waals surface area contributed by atoms with Crippen molar-refractivity contribution in [1.29, 1.82) is 0 Å². The van der Waals surface area contributed by atoms with Crippen molar-refractivity contribution in [2.75, 3.05) is 20.1 Å². The van der Waals surface area contributed by atoms with Crippen molar-refractivity contribution in [2.45, 2.75) is 37.8 Å². The van der Waals surface area contributed by atoms with E-state index >= 15 is 0 Å². The first-order valence-corrected chi connectivity index (χ1v) is 7.74.